The third-order valence-electron chi connectivity index (χ3n) is 6.40. The van der Waals surface area contributed by atoms with Crippen LogP contribution < -0.4 is 20.4 Å². The molecule has 3 aromatic carbocycles. The summed E-state index contributed by atoms with van der Waals surface area (Å²) in [5, 5.41) is 5.91. The summed E-state index contributed by atoms with van der Waals surface area (Å²) in [4.78, 5) is 42.6. The molecule has 0 spiro atoms. The van der Waals surface area contributed by atoms with Crippen LogP contribution >= 0.6 is 11.6 Å². The van der Waals surface area contributed by atoms with Crippen molar-refractivity contribution in [2.45, 2.75) is 32.0 Å². The van der Waals surface area contributed by atoms with Gasteiger partial charge in [0.05, 0.1) is 11.4 Å². The van der Waals surface area contributed by atoms with Crippen LogP contribution in [0.25, 0.3) is 0 Å². The topological polar surface area (TPSA) is 81.8 Å². The molecule has 0 saturated heterocycles. The summed E-state index contributed by atoms with van der Waals surface area (Å²) >= 11 is 6.39. The first-order valence-corrected chi connectivity index (χ1v) is 12.3. The molecule has 0 radical (unpaired) electrons. The van der Waals surface area contributed by atoms with E-state index >= 15 is 0 Å². The Balaban J connectivity index is 1.59. The summed E-state index contributed by atoms with van der Waals surface area (Å²) in [7, 11) is 1.51. The van der Waals surface area contributed by atoms with E-state index in [1.807, 2.05) is 17.0 Å². The maximum Gasteiger partial charge on any atom is 0.252 e. The molecule has 0 unspecified atom stereocenters. The normalized spacial score (nSPS) is 15.5. The van der Waals surface area contributed by atoms with Crippen molar-refractivity contribution in [3.8, 4) is 0 Å². The van der Waals surface area contributed by atoms with Crippen LogP contribution in [0.15, 0.2) is 66.7 Å². The lowest BCUT2D eigenvalue weighted by molar-refractivity contribution is -0.130. The second kappa shape index (κ2) is 10.8. The van der Waals surface area contributed by atoms with Crippen LogP contribution in [-0.2, 0) is 16.1 Å². The summed E-state index contributed by atoms with van der Waals surface area (Å²) in [5.41, 5.74) is 0.508. The Labute approximate surface area is 224 Å². The number of carbonyl (C=O) groups excluding carboxylic acids is 3. The first kappa shape index (κ1) is 27.1. The number of halogens is 3. The first-order chi connectivity index (χ1) is 18.0. The van der Waals surface area contributed by atoms with Crippen LogP contribution in [0, 0.1) is 11.6 Å². The van der Waals surface area contributed by atoms with Gasteiger partial charge in [0.25, 0.3) is 11.8 Å². The number of benzene rings is 3. The van der Waals surface area contributed by atoms with Gasteiger partial charge in [-0.25, -0.2) is 8.78 Å². The highest BCUT2D eigenvalue weighted by molar-refractivity contribution is 6.31. The molecule has 1 heterocycles. The maximum atomic E-state index is 14.2. The molecule has 3 aromatic rings. The summed E-state index contributed by atoms with van der Waals surface area (Å²) in [6.07, 6.45) is 0. The smallest absolute Gasteiger partial charge is 0.252 e. The van der Waals surface area contributed by atoms with Gasteiger partial charge in [0.15, 0.2) is 0 Å². The predicted octanol–water partition coefficient (Wildman–Crippen LogP) is 4.29. The number of amides is 3. The number of likely N-dealkylation sites (N-methyl/N-ethyl adjacent to an activating group) is 1. The van der Waals surface area contributed by atoms with E-state index in [0.29, 0.717) is 22.9 Å². The molecule has 1 aliphatic heterocycles. The number of hydrogen-bond donors (Lipinski definition) is 2. The average Bonchev–Trinajstić information content (AvgIpc) is 2.96. The van der Waals surface area contributed by atoms with Crippen LogP contribution in [0.4, 0.5) is 20.2 Å². The van der Waals surface area contributed by atoms with Gasteiger partial charge in [-0.05, 0) is 67.9 Å². The second-order valence-corrected chi connectivity index (χ2v) is 10.0. The van der Waals surface area contributed by atoms with Gasteiger partial charge < -0.3 is 20.4 Å². The highest BCUT2D eigenvalue weighted by Gasteiger charge is 2.37. The van der Waals surface area contributed by atoms with E-state index < -0.39 is 40.9 Å². The van der Waals surface area contributed by atoms with Gasteiger partial charge in [0, 0.05) is 30.7 Å². The van der Waals surface area contributed by atoms with Crippen molar-refractivity contribution < 1.29 is 23.2 Å². The van der Waals surface area contributed by atoms with Crippen LogP contribution in [0.3, 0.4) is 0 Å². The van der Waals surface area contributed by atoms with Crippen molar-refractivity contribution in [2.24, 2.45) is 0 Å². The van der Waals surface area contributed by atoms with Crippen molar-refractivity contribution >= 4 is 40.7 Å². The molecular formula is C28H27ClF2N4O3. The number of hydrogen-bond acceptors (Lipinski definition) is 4. The first-order valence-electron chi connectivity index (χ1n) is 11.9. The van der Waals surface area contributed by atoms with E-state index in [2.05, 4.69) is 10.6 Å². The Kier molecular flexibility index (Phi) is 7.68. The molecule has 0 aliphatic carbocycles. The Morgan fingerprint density at radius 1 is 1.00 bits per heavy atom. The number of fused-ring (bicyclic) bond motifs is 1. The third-order valence-corrected chi connectivity index (χ3v) is 6.76. The van der Waals surface area contributed by atoms with E-state index in [0.717, 1.165) is 17.7 Å². The van der Waals surface area contributed by atoms with Crippen LogP contribution in [-0.4, -0.2) is 42.9 Å². The molecule has 4 rings (SSSR count). The lowest BCUT2D eigenvalue weighted by atomic mass is 10.0. The Hall–Kier alpha value is -3.98. The molecule has 198 valence electrons. The molecule has 0 bridgehead atoms. The second-order valence-electron chi connectivity index (χ2n) is 9.61. The summed E-state index contributed by atoms with van der Waals surface area (Å²) in [6.45, 7) is 3.37. The highest BCUT2D eigenvalue weighted by Crippen LogP contribution is 2.34. The zero-order valence-corrected chi connectivity index (χ0v) is 21.9. The standard InChI is InChI=1S/C28H27ClF2N4O3/c1-28(2,33-25(36)17-8-10-19(30)11-9-17)27(38)32-22-16-35(15-18-6-4-5-7-21(18)29)23-13-12-20(31)14-24(23)34(3)26(22)37/h4-14,22H,15-16H2,1-3H3,(H,32,38)(H,33,36)/t22-/m1/s1. The molecule has 0 fully saturated rings. The van der Waals surface area contributed by atoms with E-state index in [4.69, 9.17) is 11.6 Å². The van der Waals surface area contributed by atoms with Crippen molar-refractivity contribution in [1.29, 1.82) is 0 Å². The molecule has 2 N–H and O–H groups in total. The molecule has 38 heavy (non-hydrogen) atoms. The Bertz CT molecular complexity index is 1380. The largest absolute Gasteiger partial charge is 0.363 e. The van der Waals surface area contributed by atoms with E-state index in [9.17, 15) is 23.2 Å². The zero-order valence-electron chi connectivity index (χ0n) is 21.1. The molecule has 1 aliphatic rings. The van der Waals surface area contributed by atoms with Crippen molar-refractivity contribution in [2.75, 3.05) is 23.4 Å². The maximum absolute atomic E-state index is 14.2. The van der Waals surface area contributed by atoms with Gasteiger partial charge in [-0.3, -0.25) is 14.4 Å². The summed E-state index contributed by atoms with van der Waals surface area (Å²) in [5.74, 6) is -2.62. The molecule has 1 atom stereocenters. The van der Waals surface area contributed by atoms with Gasteiger partial charge in [0.2, 0.25) is 5.91 Å². The fourth-order valence-corrected chi connectivity index (χ4v) is 4.42. The van der Waals surface area contributed by atoms with E-state index in [1.54, 1.807) is 18.2 Å². The number of carbonyl (C=O) groups is 3. The Morgan fingerprint density at radius 3 is 2.34 bits per heavy atom. The number of rotatable bonds is 6. The van der Waals surface area contributed by atoms with Gasteiger partial charge in [-0.15, -0.1) is 0 Å². The monoisotopic (exact) mass is 540 g/mol. The minimum absolute atomic E-state index is 0.0702. The number of anilines is 2. The number of nitrogens with zero attached hydrogens (tertiary/aromatic N) is 2. The highest BCUT2D eigenvalue weighted by atomic mass is 35.5. The fourth-order valence-electron chi connectivity index (χ4n) is 4.22. The summed E-state index contributed by atoms with van der Waals surface area (Å²) < 4.78 is 27.4. The van der Waals surface area contributed by atoms with E-state index in [1.165, 1.54) is 50.1 Å². The van der Waals surface area contributed by atoms with Crippen LogP contribution in [0.2, 0.25) is 5.02 Å². The fraction of sp³-hybridized carbons (Fsp3) is 0.250. The SMILES string of the molecule is CN1C(=O)[C@H](NC(=O)C(C)(C)NC(=O)c2ccc(F)cc2)CN(Cc2ccccc2Cl)c2ccc(F)cc21. The lowest BCUT2D eigenvalue weighted by Crippen LogP contribution is -2.60. The minimum Gasteiger partial charge on any atom is -0.363 e. The van der Waals surface area contributed by atoms with Crippen LogP contribution in [0.5, 0.6) is 0 Å². The van der Waals surface area contributed by atoms with Gasteiger partial charge >= 0.3 is 0 Å². The van der Waals surface area contributed by atoms with Crippen LogP contribution in [0.1, 0.15) is 29.8 Å². The quantitative estimate of drug-likeness (QED) is 0.489. The van der Waals surface area contributed by atoms with Gasteiger partial charge in [0.1, 0.15) is 23.2 Å². The van der Waals surface area contributed by atoms with E-state index in [-0.39, 0.29) is 12.1 Å². The molecule has 0 aromatic heterocycles. The number of nitrogens with one attached hydrogen (secondary N) is 2. The molecule has 10 heteroatoms. The third kappa shape index (κ3) is 5.78. The van der Waals surface area contributed by atoms with Crippen molar-refractivity contribution in [1.82, 2.24) is 10.6 Å². The van der Waals surface area contributed by atoms with Gasteiger partial charge in [-0.1, -0.05) is 29.8 Å². The van der Waals surface area contributed by atoms with Crippen molar-refractivity contribution in [3.63, 3.8) is 0 Å². The average molecular weight is 541 g/mol. The summed E-state index contributed by atoms with van der Waals surface area (Å²) in [6, 6.07) is 15.3. The molecule has 0 saturated carbocycles. The van der Waals surface area contributed by atoms with Crippen molar-refractivity contribution in [3.05, 3.63) is 94.5 Å². The van der Waals surface area contributed by atoms with Gasteiger partial charge in [-0.2, -0.15) is 0 Å². The minimum atomic E-state index is -1.41. The predicted molar refractivity (Wildman–Crippen MR) is 142 cm³/mol. The molecule has 3 amide bonds. The zero-order chi connectivity index (χ0) is 27.6. The Morgan fingerprint density at radius 2 is 1.66 bits per heavy atom. The molecule has 7 nitrogen and oxygen atoms in total. The molecular weight excluding hydrogens is 514 g/mol. The lowest BCUT2D eigenvalue weighted by Gasteiger charge is -2.30.